The third-order valence-electron chi connectivity index (χ3n) is 7.65. The number of hydrogen-bond acceptors (Lipinski definition) is 12. The zero-order valence-electron chi connectivity index (χ0n) is 31.3. The van der Waals surface area contributed by atoms with E-state index in [2.05, 4.69) is 26.0 Å². The summed E-state index contributed by atoms with van der Waals surface area (Å²) in [6.45, 7) is 9.55. The highest BCUT2D eigenvalue weighted by Crippen LogP contribution is 2.36. The van der Waals surface area contributed by atoms with Gasteiger partial charge in [-0.3, -0.25) is 34.5 Å². The largest absolute Gasteiger partial charge is 0.494 e. The topological polar surface area (TPSA) is 263 Å². The molecule has 0 unspecified atom stereocenters. The zero-order valence-corrected chi connectivity index (χ0v) is 31.3. The molecule has 2 aromatic carbocycles. The lowest BCUT2D eigenvalue weighted by atomic mass is 10.1. The quantitative estimate of drug-likeness (QED) is 0.0580. The van der Waals surface area contributed by atoms with Gasteiger partial charge in [0.25, 0.3) is 11.6 Å². The summed E-state index contributed by atoms with van der Waals surface area (Å²) < 4.78 is 19.8. The van der Waals surface area contributed by atoms with Gasteiger partial charge in [0.15, 0.2) is 11.4 Å². The Morgan fingerprint density at radius 3 is 2.27 bits per heavy atom. The van der Waals surface area contributed by atoms with Gasteiger partial charge in [-0.05, 0) is 65.0 Å². The van der Waals surface area contributed by atoms with Crippen molar-refractivity contribution in [2.24, 2.45) is 11.5 Å². The second-order valence-corrected chi connectivity index (χ2v) is 12.9. The Labute approximate surface area is 315 Å². The Bertz CT molecular complexity index is 2160. The van der Waals surface area contributed by atoms with Crippen LogP contribution in [-0.4, -0.2) is 80.5 Å². The predicted molar refractivity (Wildman–Crippen MR) is 204 cm³/mol. The molecule has 0 atom stereocenters. The maximum Gasteiger partial charge on any atom is 0.407 e. The number of fused-ring (bicyclic) bond motifs is 1. The van der Waals surface area contributed by atoms with Crippen LogP contribution in [0.4, 0.5) is 22.1 Å². The molecule has 292 valence electrons. The van der Waals surface area contributed by atoms with Crippen molar-refractivity contribution in [3.8, 4) is 11.5 Å². The van der Waals surface area contributed by atoms with Gasteiger partial charge in [-0.1, -0.05) is 18.2 Å². The maximum absolute atomic E-state index is 13.4. The first-order chi connectivity index (χ1) is 26.0. The Morgan fingerprint density at radius 1 is 0.964 bits per heavy atom. The molecule has 19 nitrogen and oxygen atoms in total. The number of imidazole rings is 1. The third-order valence-corrected chi connectivity index (χ3v) is 7.65. The number of carbonyl (C=O) groups is 4. The summed E-state index contributed by atoms with van der Waals surface area (Å²) in [5.74, 6) is -1.64. The molecule has 0 bridgehead atoms. The fraction of sp³-hybridized carbons (Fsp3) is 0.333. The number of alkyl carbamates (subject to hydrolysis) is 1. The average Bonchev–Trinajstić information content (AvgIpc) is 3.67. The van der Waals surface area contributed by atoms with Crippen LogP contribution in [0, 0.1) is 17.0 Å². The number of methoxy groups -OCH3 is 1. The van der Waals surface area contributed by atoms with Gasteiger partial charge in [-0.25, -0.2) is 9.78 Å². The minimum atomic E-state index is -0.889. The van der Waals surface area contributed by atoms with Crippen LogP contribution in [0.2, 0.25) is 0 Å². The molecule has 0 radical (unpaired) electrons. The first-order valence-corrected chi connectivity index (χ1v) is 17.0. The molecule has 0 aliphatic carbocycles. The lowest BCUT2D eigenvalue weighted by Crippen LogP contribution is -2.32. The van der Waals surface area contributed by atoms with Crippen molar-refractivity contribution in [1.82, 2.24) is 24.6 Å². The van der Waals surface area contributed by atoms with Crippen molar-refractivity contribution in [1.29, 1.82) is 0 Å². The van der Waals surface area contributed by atoms with E-state index in [1.807, 2.05) is 6.92 Å². The normalized spacial score (nSPS) is 11.5. The van der Waals surface area contributed by atoms with E-state index in [1.165, 1.54) is 25.3 Å². The van der Waals surface area contributed by atoms with Crippen LogP contribution in [0.5, 0.6) is 11.5 Å². The van der Waals surface area contributed by atoms with E-state index in [-0.39, 0.29) is 60.5 Å². The number of aryl methyl sites for hydroxylation is 2. The van der Waals surface area contributed by atoms with Crippen LogP contribution in [0.15, 0.2) is 54.6 Å². The van der Waals surface area contributed by atoms with Crippen LogP contribution < -0.4 is 36.9 Å². The average molecular weight is 761 g/mol. The van der Waals surface area contributed by atoms with Crippen LogP contribution >= 0.6 is 0 Å². The molecule has 0 spiro atoms. The summed E-state index contributed by atoms with van der Waals surface area (Å²) in [4.78, 5) is 65.3. The van der Waals surface area contributed by atoms with Crippen molar-refractivity contribution in [2.75, 3.05) is 37.4 Å². The second kappa shape index (κ2) is 17.7. The summed E-state index contributed by atoms with van der Waals surface area (Å²) in [5, 5.41) is 24.8. The summed E-state index contributed by atoms with van der Waals surface area (Å²) in [5.41, 5.74) is 11.7. The number of allylic oxidation sites excluding steroid dienone is 1. The predicted octanol–water partition coefficient (Wildman–Crippen LogP) is 4.06. The number of anilines is 2. The third kappa shape index (κ3) is 10.6. The number of nitrogens with one attached hydrogen (secondary N) is 3. The monoisotopic (exact) mass is 760 g/mol. The smallest absolute Gasteiger partial charge is 0.407 e. The molecule has 0 aliphatic rings. The molecule has 0 saturated heterocycles. The highest BCUT2D eigenvalue weighted by Gasteiger charge is 2.24. The van der Waals surface area contributed by atoms with Gasteiger partial charge in [0.05, 0.1) is 23.2 Å². The Morgan fingerprint density at radius 2 is 1.64 bits per heavy atom. The fourth-order valence-corrected chi connectivity index (χ4v) is 5.28. The summed E-state index contributed by atoms with van der Waals surface area (Å²) in [6.07, 6.45) is 5.97. The van der Waals surface area contributed by atoms with Crippen molar-refractivity contribution in [3.63, 3.8) is 0 Å². The van der Waals surface area contributed by atoms with E-state index in [0.717, 1.165) is 6.07 Å². The van der Waals surface area contributed by atoms with Crippen molar-refractivity contribution >= 4 is 52.2 Å². The van der Waals surface area contributed by atoms with Crippen molar-refractivity contribution in [3.05, 3.63) is 87.3 Å². The zero-order chi connectivity index (χ0) is 40.4. The molecule has 2 aromatic heterocycles. The van der Waals surface area contributed by atoms with Crippen LogP contribution in [0.3, 0.4) is 0 Å². The fourth-order valence-electron chi connectivity index (χ4n) is 5.28. The lowest BCUT2D eigenvalue weighted by molar-refractivity contribution is -0.384. The molecule has 19 heteroatoms. The number of amides is 4. The number of primary amides is 2. The van der Waals surface area contributed by atoms with Crippen molar-refractivity contribution in [2.45, 2.75) is 53.3 Å². The Kier molecular flexibility index (Phi) is 13.2. The number of aromatic nitrogens is 4. The molecule has 0 aliphatic heterocycles. The van der Waals surface area contributed by atoms with E-state index in [9.17, 15) is 29.3 Å². The molecule has 55 heavy (non-hydrogen) atoms. The van der Waals surface area contributed by atoms with Crippen LogP contribution in [-0.2, 0) is 17.8 Å². The number of rotatable bonds is 17. The SMILES string of the molecule is CCn1nc(C)cc1C(=O)Nc1nc2cc(C(N)=O)cc(OC)c2n1C/C=C/CNc1c(OC/C=C/CNC(=O)OC(C)(C)C)cc(C(N)=O)cc1[N+](=O)[O-]. The Hall–Kier alpha value is -6.92. The van der Waals surface area contributed by atoms with Crippen LogP contribution in [0.25, 0.3) is 11.0 Å². The number of benzene rings is 2. The molecule has 4 rings (SSSR count). The number of hydrogen-bond donors (Lipinski definition) is 5. The molecule has 4 amide bonds. The number of ether oxygens (including phenoxy) is 3. The van der Waals surface area contributed by atoms with Gasteiger partial charge in [-0.15, -0.1) is 0 Å². The minimum absolute atomic E-state index is 0.00978. The summed E-state index contributed by atoms with van der Waals surface area (Å²) in [7, 11) is 1.42. The minimum Gasteiger partial charge on any atom is -0.494 e. The van der Waals surface area contributed by atoms with E-state index < -0.39 is 40.0 Å². The second-order valence-electron chi connectivity index (χ2n) is 12.9. The van der Waals surface area contributed by atoms with Gasteiger partial charge < -0.3 is 40.9 Å². The summed E-state index contributed by atoms with van der Waals surface area (Å²) in [6, 6.07) is 6.95. The number of nitro groups is 1. The van der Waals surface area contributed by atoms with Gasteiger partial charge in [0.1, 0.15) is 29.2 Å². The van der Waals surface area contributed by atoms with Gasteiger partial charge >= 0.3 is 6.09 Å². The molecule has 0 saturated carbocycles. The van der Waals surface area contributed by atoms with Gasteiger partial charge in [0, 0.05) is 43.4 Å². The first-order valence-electron chi connectivity index (χ1n) is 17.0. The molecule has 2 heterocycles. The lowest BCUT2D eigenvalue weighted by Gasteiger charge is -2.19. The Balaban J connectivity index is 1.57. The molecule has 4 aromatic rings. The van der Waals surface area contributed by atoms with Crippen LogP contribution in [0.1, 0.15) is 64.6 Å². The van der Waals surface area contributed by atoms with E-state index in [1.54, 1.807) is 67.3 Å². The number of nitrogens with zero attached hydrogens (tertiary/aromatic N) is 5. The van der Waals surface area contributed by atoms with Gasteiger partial charge in [-0.2, -0.15) is 5.10 Å². The number of nitrogens with two attached hydrogens (primary N) is 2. The standard InChI is InChI=1S/C36H44N10O9/c1-7-45-26(16-21(2)43-45)33(49)42-34-41-24-17-22(31(37)47)20-28(53-6)30(24)44(34)14-10-8-12-39-29-25(46(51)52)18-23(32(38)48)19-27(29)54-15-11-9-13-40-35(50)55-36(3,4)5/h8-11,16-20,39H,7,12-15H2,1-6H3,(H2,37,47)(H2,38,48)(H,40,50)(H,41,42,49)/b10-8+,11-9+. The molecule has 0 fully saturated rings. The summed E-state index contributed by atoms with van der Waals surface area (Å²) >= 11 is 0. The molecular formula is C36H44N10O9. The van der Waals surface area contributed by atoms with E-state index in [4.69, 9.17) is 25.7 Å². The maximum atomic E-state index is 13.4. The molecule has 7 N–H and O–H groups in total. The number of nitro benzene ring substituents is 1. The highest BCUT2D eigenvalue weighted by atomic mass is 16.6. The van der Waals surface area contributed by atoms with E-state index >= 15 is 0 Å². The van der Waals surface area contributed by atoms with E-state index in [0.29, 0.717) is 29.0 Å². The number of carbonyl (C=O) groups excluding carboxylic acids is 4. The first kappa shape index (κ1) is 40.8. The van der Waals surface area contributed by atoms with Gasteiger partial charge in [0.2, 0.25) is 17.8 Å². The highest BCUT2D eigenvalue weighted by molar-refractivity contribution is 6.04. The van der Waals surface area contributed by atoms with Crippen molar-refractivity contribution < 1.29 is 38.3 Å². The molecular weight excluding hydrogens is 716 g/mol.